The van der Waals surface area contributed by atoms with Crippen LogP contribution in [0.3, 0.4) is 0 Å². The molecule has 0 atom stereocenters. The first-order chi connectivity index (χ1) is 7.97. The summed E-state index contributed by atoms with van der Waals surface area (Å²) in [5.74, 6) is 0.759. The van der Waals surface area contributed by atoms with Gasteiger partial charge in [0.1, 0.15) is 12.4 Å². The van der Waals surface area contributed by atoms with E-state index in [2.05, 4.69) is 5.32 Å². The highest BCUT2D eigenvalue weighted by Crippen LogP contribution is 2.07. The molecule has 0 spiro atoms. The standard InChI is InChI=1S/C13H20N2O2/c1-13(2,14)10-12(16)15-8-9-17-11-6-4-3-5-7-11/h3-7H,8-10,14H2,1-2H3,(H,15,16). The average molecular weight is 236 g/mol. The van der Waals surface area contributed by atoms with Gasteiger partial charge in [-0.3, -0.25) is 4.79 Å². The SMILES string of the molecule is CC(C)(N)CC(=O)NCCOc1ccccc1. The highest BCUT2D eigenvalue weighted by atomic mass is 16.5. The maximum atomic E-state index is 11.4. The number of hydrogen-bond donors (Lipinski definition) is 2. The second-order valence-electron chi connectivity index (χ2n) is 4.68. The number of nitrogens with one attached hydrogen (secondary N) is 1. The molecular weight excluding hydrogens is 216 g/mol. The molecule has 0 radical (unpaired) electrons. The molecule has 1 aromatic carbocycles. The molecule has 4 heteroatoms. The summed E-state index contributed by atoms with van der Waals surface area (Å²) in [6.07, 6.45) is 0.318. The predicted octanol–water partition coefficient (Wildman–Crippen LogP) is 1.31. The van der Waals surface area contributed by atoms with Crippen LogP contribution in [0, 0.1) is 0 Å². The van der Waals surface area contributed by atoms with Crippen LogP contribution in [0.2, 0.25) is 0 Å². The Kier molecular flexibility index (Phi) is 4.97. The number of ether oxygens (including phenoxy) is 1. The van der Waals surface area contributed by atoms with Gasteiger partial charge in [0.15, 0.2) is 0 Å². The van der Waals surface area contributed by atoms with Crippen LogP contribution in [-0.4, -0.2) is 24.6 Å². The first-order valence-electron chi connectivity index (χ1n) is 5.71. The van der Waals surface area contributed by atoms with Crippen LogP contribution in [0.1, 0.15) is 20.3 Å². The van der Waals surface area contributed by atoms with Crippen molar-refractivity contribution in [3.05, 3.63) is 30.3 Å². The zero-order chi connectivity index (χ0) is 12.7. The first kappa shape index (κ1) is 13.5. The number of rotatable bonds is 6. The Bertz CT molecular complexity index is 344. The van der Waals surface area contributed by atoms with Gasteiger partial charge in [-0.2, -0.15) is 0 Å². The van der Waals surface area contributed by atoms with Crippen molar-refractivity contribution in [1.82, 2.24) is 5.32 Å². The van der Waals surface area contributed by atoms with Crippen molar-refractivity contribution in [2.75, 3.05) is 13.2 Å². The van der Waals surface area contributed by atoms with Crippen LogP contribution < -0.4 is 15.8 Å². The monoisotopic (exact) mass is 236 g/mol. The maximum Gasteiger partial charge on any atom is 0.221 e. The quantitative estimate of drug-likeness (QED) is 0.732. The summed E-state index contributed by atoms with van der Waals surface area (Å²) >= 11 is 0. The van der Waals surface area contributed by atoms with Gasteiger partial charge in [-0.25, -0.2) is 0 Å². The lowest BCUT2D eigenvalue weighted by atomic mass is 10.0. The van der Waals surface area contributed by atoms with Crippen molar-refractivity contribution in [2.45, 2.75) is 25.8 Å². The van der Waals surface area contributed by atoms with Crippen LogP contribution in [0.15, 0.2) is 30.3 Å². The molecule has 0 fully saturated rings. The first-order valence-corrected chi connectivity index (χ1v) is 5.71. The van der Waals surface area contributed by atoms with Gasteiger partial charge in [-0.05, 0) is 26.0 Å². The lowest BCUT2D eigenvalue weighted by molar-refractivity contribution is -0.122. The lowest BCUT2D eigenvalue weighted by Crippen LogP contribution is -2.40. The molecule has 0 unspecified atom stereocenters. The molecule has 1 rings (SSSR count). The summed E-state index contributed by atoms with van der Waals surface area (Å²) < 4.78 is 5.44. The van der Waals surface area contributed by atoms with Crippen LogP contribution in [0.5, 0.6) is 5.75 Å². The maximum absolute atomic E-state index is 11.4. The minimum absolute atomic E-state index is 0.0471. The molecule has 1 aromatic rings. The van der Waals surface area contributed by atoms with Gasteiger partial charge in [-0.15, -0.1) is 0 Å². The molecule has 4 nitrogen and oxygen atoms in total. The Morgan fingerprint density at radius 2 is 2.00 bits per heavy atom. The third-order valence-corrected chi connectivity index (χ3v) is 2.05. The van der Waals surface area contributed by atoms with Crippen LogP contribution in [0.4, 0.5) is 0 Å². The Labute approximate surface area is 102 Å². The third kappa shape index (κ3) is 6.58. The zero-order valence-electron chi connectivity index (χ0n) is 10.4. The molecule has 0 aromatic heterocycles. The smallest absolute Gasteiger partial charge is 0.221 e. The van der Waals surface area contributed by atoms with Crippen LogP contribution in [0.25, 0.3) is 0 Å². The second kappa shape index (κ2) is 6.25. The summed E-state index contributed by atoms with van der Waals surface area (Å²) in [5, 5.41) is 2.77. The predicted molar refractivity (Wildman–Crippen MR) is 67.8 cm³/mol. The summed E-state index contributed by atoms with van der Waals surface area (Å²) in [7, 11) is 0. The molecule has 17 heavy (non-hydrogen) atoms. The van der Waals surface area contributed by atoms with E-state index in [0.717, 1.165) is 5.75 Å². The van der Waals surface area contributed by atoms with Gasteiger partial charge < -0.3 is 15.8 Å². The van der Waals surface area contributed by atoms with Crippen molar-refractivity contribution in [1.29, 1.82) is 0 Å². The van der Waals surface area contributed by atoms with Crippen molar-refractivity contribution in [3.63, 3.8) is 0 Å². The summed E-state index contributed by atoms with van der Waals surface area (Å²) in [6, 6.07) is 9.50. The van der Waals surface area contributed by atoms with E-state index in [1.54, 1.807) is 0 Å². The molecule has 0 aliphatic carbocycles. The van der Waals surface area contributed by atoms with Crippen molar-refractivity contribution < 1.29 is 9.53 Å². The molecule has 0 aliphatic heterocycles. The molecule has 1 amide bonds. The number of carbonyl (C=O) groups is 1. The number of para-hydroxylation sites is 1. The molecule has 0 heterocycles. The molecular formula is C13H20N2O2. The molecule has 0 saturated heterocycles. The van der Waals surface area contributed by atoms with E-state index in [-0.39, 0.29) is 5.91 Å². The Morgan fingerprint density at radius 1 is 1.35 bits per heavy atom. The number of amides is 1. The number of nitrogens with two attached hydrogens (primary N) is 1. The molecule has 3 N–H and O–H groups in total. The van der Waals surface area contributed by atoms with Crippen molar-refractivity contribution in [2.24, 2.45) is 5.73 Å². The fourth-order valence-corrected chi connectivity index (χ4v) is 1.35. The number of carbonyl (C=O) groups excluding carboxylic acids is 1. The average Bonchev–Trinajstić information content (AvgIpc) is 2.23. The third-order valence-electron chi connectivity index (χ3n) is 2.05. The molecule has 0 saturated carbocycles. The largest absolute Gasteiger partial charge is 0.492 e. The fraction of sp³-hybridized carbons (Fsp3) is 0.462. The summed E-state index contributed by atoms with van der Waals surface area (Å²) in [6.45, 7) is 4.60. The normalized spacial score (nSPS) is 11.0. The van der Waals surface area contributed by atoms with Gasteiger partial charge in [-0.1, -0.05) is 18.2 Å². The lowest BCUT2D eigenvalue weighted by Gasteiger charge is -2.17. The van der Waals surface area contributed by atoms with Crippen molar-refractivity contribution in [3.8, 4) is 5.75 Å². The van der Waals surface area contributed by atoms with E-state index in [0.29, 0.717) is 19.6 Å². The van der Waals surface area contributed by atoms with Crippen molar-refractivity contribution >= 4 is 5.91 Å². The van der Waals surface area contributed by atoms with Crippen LogP contribution >= 0.6 is 0 Å². The minimum Gasteiger partial charge on any atom is -0.492 e. The second-order valence-corrected chi connectivity index (χ2v) is 4.68. The Hall–Kier alpha value is -1.55. The number of benzene rings is 1. The van der Waals surface area contributed by atoms with E-state index in [1.807, 2.05) is 44.2 Å². The zero-order valence-corrected chi connectivity index (χ0v) is 10.4. The van der Waals surface area contributed by atoms with Gasteiger partial charge in [0, 0.05) is 12.0 Å². The summed E-state index contributed by atoms with van der Waals surface area (Å²) in [5.41, 5.74) is 5.27. The Balaban J connectivity index is 2.14. The number of hydrogen-bond acceptors (Lipinski definition) is 3. The van der Waals surface area contributed by atoms with E-state index >= 15 is 0 Å². The topological polar surface area (TPSA) is 64.4 Å². The van der Waals surface area contributed by atoms with Crippen LogP contribution in [-0.2, 0) is 4.79 Å². The van der Waals surface area contributed by atoms with E-state index in [9.17, 15) is 4.79 Å². The molecule has 0 aliphatic rings. The Morgan fingerprint density at radius 3 is 2.59 bits per heavy atom. The van der Waals surface area contributed by atoms with E-state index in [1.165, 1.54) is 0 Å². The highest BCUT2D eigenvalue weighted by Gasteiger charge is 2.15. The van der Waals surface area contributed by atoms with Gasteiger partial charge in [0.25, 0.3) is 0 Å². The molecule has 94 valence electrons. The minimum atomic E-state index is -0.468. The van der Waals surface area contributed by atoms with Gasteiger partial charge in [0.2, 0.25) is 5.91 Å². The molecule has 0 bridgehead atoms. The van der Waals surface area contributed by atoms with Gasteiger partial charge in [0.05, 0.1) is 6.54 Å². The van der Waals surface area contributed by atoms with E-state index < -0.39 is 5.54 Å². The fourth-order valence-electron chi connectivity index (χ4n) is 1.35. The van der Waals surface area contributed by atoms with Gasteiger partial charge >= 0.3 is 0 Å². The summed E-state index contributed by atoms with van der Waals surface area (Å²) in [4.78, 5) is 11.4. The van der Waals surface area contributed by atoms with E-state index in [4.69, 9.17) is 10.5 Å². The highest BCUT2D eigenvalue weighted by molar-refractivity contribution is 5.77.